The molecule has 2 fully saturated rings. The van der Waals surface area contributed by atoms with Gasteiger partial charge in [-0.05, 0) is 55.4 Å². The highest BCUT2D eigenvalue weighted by atomic mass is 19.4. The number of nitrogens with zero attached hydrogens (tertiary/aromatic N) is 3. The van der Waals surface area contributed by atoms with Crippen molar-refractivity contribution in [3.63, 3.8) is 0 Å². The molecule has 2 aromatic rings. The summed E-state index contributed by atoms with van der Waals surface area (Å²) >= 11 is 0. The van der Waals surface area contributed by atoms with E-state index in [2.05, 4.69) is 20.7 Å². The van der Waals surface area contributed by atoms with Crippen molar-refractivity contribution in [1.29, 1.82) is 0 Å². The summed E-state index contributed by atoms with van der Waals surface area (Å²) in [5, 5.41) is 11.1. The van der Waals surface area contributed by atoms with Crippen LogP contribution in [-0.4, -0.2) is 56.7 Å². The van der Waals surface area contributed by atoms with Crippen LogP contribution in [0.25, 0.3) is 0 Å². The van der Waals surface area contributed by atoms with Crippen LogP contribution in [0.5, 0.6) is 0 Å². The Hall–Kier alpha value is -3.58. The first kappa shape index (κ1) is 27.5. The summed E-state index contributed by atoms with van der Waals surface area (Å²) in [7, 11) is 1.54. The number of carbonyl (C=O) groups is 3. The molecule has 4 rings (SSSR count). The number of hydrogen-bond acceptors (Lipinski definition) is 5. The molecule has 0 spiro atoms. The Morgan fingerprint density at radius 2 is 1.92 bits per heavy atom. The fraction of sp³-hybridized carbons (Fsp3) is 0.542. The molecule has 3 amide bonds. The normalized spacial score (nSPS) is 22.5. The molecule has 38 heavy (non-hydrogen) atoms. The number of alkyl halides is 5. The van der Waals surface area contributed by atoms with Crippen LogP contribution in [0.1, 0.15) is 48.2 Å². The standard InChI is InChI=1S/C24H27F5N6O3/c1-35-16(5-9-31-35)21(37)34-19(14-2-6-23(25,26)7-3-14)22(38)33-18-11-13(4-8-30-18)10-15-12-17(24(27,28)29)32-20(15)36/h4-5,8-9,11,14-15,17,19H,2-3,6-7,10,12H2,1H3,(H,32,36)(H,34,37)(H,30,33,38)/t15-,17-,19-/m0/s1. The lowest BCUT2D eigenvalue weighted by Gasteiger charge is -2.33. The zero-order valence-corrected chi connectivity index (χ0v) is 20.4. The Labute approximate surface area is 214 Å². The summed E-state index contributed by atoms with van der Waals surface area (Å²) in [6.07, 6.45) is -3.00. The Balaban J connectivity index is 1.47. The largest absolute Gasteiger partial charge is 0.408 e. The number of halogens is 5. The van der Waals surface area contributed by atoms with Crippen LogP contribution in [0.3, 0.4) is 0 Å². The van der Waals surface area contributed by atoms with Gasteiger partial charge in [0.1, 0.15) is 23.6 Å². The van der Waals surface area contributed by atoms with Crippen LogP contribution < -0.4 is 16.0 Å². The third kappa shape index (κ3) is 6.45. The van der Waals surface area contributed by atoms with Gasteiger partial charge in [0.25, 0.3) is 5.91 Å². The zero-order valence-electron chi connectivity index (χ0n) is 20.4. The van der Waals surface area contributed by atoms with Crippen LogP contribution >= 0.6 is 0 Å². The van der Waals surface area contributed by atoms with E-state index in [4.69, 9.17) is 0 Å². The van der Waals surface area contributed by atoms with Gasteiger partial charge in [-0.25, -0.2) is 13.8 Å². The number of rotatable bonds is 7. The molecule has 1 aliphatic heterocycles. The maximum Gasteiger partial charge on any atom is 0.408 e. The van der Waals surface area contributed by atoms with E-state index in [1.165, 1.54) is 35.3 Å². The molecular formula is C24H27F5N6O3. The fourth-order valence-electron chi connectivity index (χ4n) is 4.89. The molecule has 1 aliphatic carbocycles. The number of aryl methyl sites for hydroxylation is 1. The highest BCUT2D eigenvalue weighted by molar-refractivity contribution is 6.00. The van der Waals surface area contributed by atoms with Crippen molar-refractivity contribution in [1.82, 2.24) is 25.4 Å². The molecule has 3 N–H and O–H groups in total. The minimum absolute atomic E-state index is 0.00215. The lowest BCUT2D eigenvalue weighted by atomic mass is 9.81. The number of nitrogens with one attached hydrogen (secondary N) is 3. The van der Waals surface area contributed by atoms with Crippen molar-refractivity contribution >= 4 is 23.5 Å². The van der Waals surface area contributed by atoms with Gasteiger partial charge in [-0.2, -0.15) is 18.3 Å². The molecule has 1 saturated heterocycles. The molecule has 2 aliphatic rings. The SMILES string of the molecule is Cn1nccc1C(=O)N[C@H](C(=O)Nc1cc(C[C@H]2C[C@@H](C(F)(F)F)NC2=O)ccn1)C1CCC(F)(F)CC1. The molecule has 14 heteroatoms. The van der Waals surface area contributed by atoms with Gasteiger partial charge in [-0.3, -0.25) is 19.1 Å². The number of anilines is 1. The van der Waals surface area contributed by atoms with Crippen molar-refractivity contribution in [2.24, 2.45) is 18.9 Å². The molecule has 9 nitrogen and oxygen atoms in total. The van der Waals surface area contributed by atoms with E-state index in [1.807, 2.05) is 5.32 Å². The predicted molar refractivity (Wildman–Crippen MR) is 124 cm³/mol. The number of pyridine rings is 1. The molecule has 1 saturated carbocycles. The Kier molecular flexibility index (Phi) is 7.70. The minimum atomic E-state index is -4.54. The van der Waals surface area contributed by atoms with Gasteiger partial charge < -0.3 is 16.0 Å². The number of amides is 3. The highest BCUT2D eigenvalue weighted by Crippen LogP contribution is 2.38. The van der Waals surface area contributed by atoms with Gasteiger partial charge in [0, 0.05) is 38.2 Å². The molecule has 0 bridgehead atoms. The van der Waals surface area contributed by atoms with Gasteiger partial charge in [-0.1, -0.05) is 0 Å². The van der Waals surface area contributed by atoms with Crippen LogP contribution in [0.4, 0.5) is 27.8 Å². The van der Waals surface area contributed by atoms with Gasteiger partial charge in [-0.15, -0.1) is 0 Å². The molecule has 0 radical (unpaired) electrons. The maximum absolute atomic E-state index is 13.8. The van der Waals surface area contributed by atoms with E-state index in [-0.39, 0.29) is 30.8 Å². The quantitative estimate of drug-likeness (QED) is 0.465. The summed E-state index contributed by atoms with van der Waals surface area (Å²) in [5.41, 5.74) is 0.655. The van der Waals surface area contributed by atoms with Crippen LogP contribution in [0.15, 0.2) is 30.6 Å². The average Bonchev–Trinajstić information content (AvgIpc) is 3.43. The lowest BCUT2D eigenvalue weighted by molar-refractivity contribution is -0.154. The summed E-state index contributed by atoms with van der Waals surface area (Å²) in [5.74, 6) is -6.22. The summed E-state index contributed by atoms with van der Waals surface area (Å²) in [6, 6.07) is 1.35. The second kappa shape index (κ2) is 10.7. The van der Waals surface area contributed by atoms with Gasteiger partial charge in [0.2, 0.25) is 17.7 Å². The Bertz CT molecular complexity index is 1190. The van der Waals surface area contributed by atoms with Crippen LogP contribution in [0, 0.1) is 11.8 Å². The van der Waals surface area contributed by atoms with Gasteiger partial charge in [0.05, 0.1) is 0 Å². The van der Waals surface area contributed by atoms with E-state index in [0.29, 0.717) is 5.56 Å². The summed E-state index contributed by atoms with van der Waals surface area (Å²) < 4.78 is 67.8. The number of hydrogen-bond donors (Lipinski definition) is 3. The van der Waals surface area contributed by atoms with E-state index in [0.717, 1.165) is 0 Å². The molecule has 3 heterocycles. The van der Waals surface area contributed by atoms with Crippen molar-refractivity contribution in [2.75, 3.05) is 5.32 Å². The zero-order chi connectivity index (χ0) is 27.7. The molecule has 206 valence electrons. The second-order valence-corrected chi connectivity index (χ2v) is 9.76. The minimum Gasteiger partial charge on any atom is -0.344 e. The summed E-state index contributed by atoms with van der Waals surface area (Å²) in [4.78, 5) is 42.2. The van der Waals surface area contributed by atoms with Crippen molar-refractivity contribution < 1.29 is 36.3 Å². The fourth-order valence-corrected chi connectivity index (χ4v) is 4.89. The molecule has 0 aromatic carbocycles. The topological polar surface area (TPSA) is 118 Å². The van der Waals surface area contributed by atoms with Crippen molar-refractivity contribution in [3.05, 3.63) is 41.9 Å². The molecular weight excluding hydrogens is 515 g/mol. The summed E-state index contributed by atoms with van der Waals surface area (Å²) in [6.45, 7) is 0. The lowest BCUT2D eigenvalue weighted by Crippen LogP contribution is -2.50. The second-order valence-electron chi connectivity index (χ2n) is 9.76. The third-order valence-corrected chi connectivity index (χ3v) is 7.02. The molecule has 2 aromatic heterocycles. The van der Waals surface area contributed by atoms with Crippen molar-refractivity contribution in [3.8, 4) is 0 Å². The smallest absolute Gasteiger partial charge is 0.344 e. The number of carbonyl (C=O) groups excluding carboxylic acids is 3. The molecule has 3 atom stereocenters. The third-order valence-electron chi connectivity index (χ3n) is 7.02. The first-order valence-corrected chi connectivity index (χ1v) is 12.1. The van der Waals surface area contributed by atoms with Crippen LogP contribution in [0.2, 0.25) is 0 Å². The van der Waals surface area contributed by atoms with Crippen LogP contribution in [-0.2, 0) is 23.1 Å². The first-order chi connectivity index (χ1) is 17.8. The van der Waals surface area contributed by atoms with Gasteiger partial charge in [0.15, 0.2) is 0 Å². The molecule has 0 unspecified atom stereocenters. The predicted octanol–water partition coefficient (Wildman–Crippen LogP) is 2.99. The van der Waals surface area contributed by atoms with E-state index in [9.17, 15) is 36.3 Å². The maximum atomic E-state index is 13.8. The average molecular weight is 543 g/mol. The Morgan fingerprint density at radius 1 is 1.21 bits per heavy atom. The highest BCUT2D eigenvalue weighted by Gasteiger charge is 2.47. The van der Waals surface area contributed by atoms with E-state index >= 15 is 0 Å². The van der Waals surface area contributed by atoms with E-state index < -0.39 is 73.0 Å². The first-order valence-electron chi connectivity index (χ1n) is 12.1. The number of aromatic nitrogens is 3. The van der Waals surface area contributed by atoms with Crippen molar-refractivity contribution in [2.45, 2.75) is 62.7 Å². The van der Waals surface area contributed by atoms with E-state index in [1.54, 1.807) is 7.05 Å². The monoisotopic (exact) mass is 542 g/mol. The Morgan fingerprint density at radius 3 is 2.53 bits per heavy atom. The van der Waals surface area contributed by atoms with Gasteiger partial charge >= 0.3 is 6.18 Å².